The van der Waals surface area contributed by atoms with Crippen LogP contribution in [0.2, 0.25) is 0 Å². The molecule has 6 heteroatoms. The van der Waals surface area contributed by atoms with Crippen molar-refractivity contribution in [2.75, 3.05) is 25.5 Å². The van der Waals surface area contributed by atoms with E-state index in [-0.39, 0.29) is 17.7 Å². The van der Waals surface area contributed by atoms with E-state index in [1.165, 1.54) is 7.11 Å². The van der Waals surface area contributed by atoms with Gasteiger partial charge in [0.2, 0.25) is 11.8 Å². The highest BCUT2D eigenvalue weighted by molar-refractivity contribution is 5.97. The van der Waals surface area contributed by atoms with Crippen molar-refractivity contribution >= 4 is 17.5 Å². The quantitative estimate of drug-likeness (QED) is 0.929. The smallest absolute Gasteiger partial charge is 0.259 e. The Morgan fingerprint density at radius 1 is 1.12 bits per heavy atom. The highest BCUT2D eigenvalue weighted by atomic mass is 16.5. The SMILES string of the molecule is COc1ncccc1C(=O)N1CCC(C(=O)Nc2ccccc2)CC1. The lowest BCUT2D eigenvalue weighted by Crippen LogP contribution is -2.41. The second-order valence-corrected chi connectivity index (χ2v) is 5.98. The summed E-state index contributed by atoms with van der Waals surface area (Å²) in [5.41, 5.74) is 1.25. The summed E-state index contributed by atoms with van der Waals surface area (Å²) in [5, 5.41) is 2.93. The normalized spacial score (nSPS) is 14.8. The molecule has 0 bridgehead atoms. The van der Waals surface area contributed by atoms with E-state index < -0.39 is 0 Å². The zero-order chi connectivity index (χ0) is 17.6. The monoisotopic (exact) mass is 339 g/mol. The molecule has 6 nitrogen and oxygen atoms in total. The number of hydrogen-bond donors (Lipinski definition) is 1. The molecule has 2 amide bonds. The molecule has 130 valence electrons. The molecule has 1 aromatic carbocycles. The molecule has 0 aliphatic carbocycles. The van der Waals surface area contributed by atoms with Crippen LogP contribution in [-0.4, -0.2) is 41.9 Å². The van der Waals surface area contributed by atoms with Gasteiger partial charge in [-0.15, -0.1) is 0 Å². The van der Waals surface area contributed by atoms with Crippen LogP contribution in [0.4, 0.5) is 5.69 Å². The fourth-order valence-electron chi connectivity index (χ4n) is 3.00. The lowest BCUT2D eigenvalue weighted by atomic mass is 9.95. The fraction of sp³-hybridized carbons (Fsp3) is 0.316. The average molecular weight is 339 g/mol. The molecule has 1 saturated heterocycles. The molecule has 1 fully saturated rings. The van der Waals surface area contributed by atoms with E-state index in [9.17, 15) is 9.59 Å². The molecule has 0 spiro atoms. The summed E-state index contributed by atoms with van der Waals surface area (Å²) in [7, 11) is 1.50. The van der Waals surface area contributed by atoms with E-state index in [4.69, 9.17) is 4.74 Å². The maximum Gasteiger partial charge on any atom is 0.259 e. The zero-order valence-electron chi connectivity index (χ0n) is 14.1. The van der Waals surface area contributed by atoms with Crippen LogP contribution in [0.5, 0.6) is 5.88 Å². The minimum Gasteiger partial charge on any atom is -0.480 e. The Balaban J connectivity index is 1.58. The number of ether oxygens (including phenoxy) is 1. The van der Waals surface area contributed by atoms with Gasteiger partial charge in [-0.3, -0.25) is 9.59 Å². The number of piperidine rings is 1. The number of para-hydroxylation sites is 1. The van der Waals surface area contributed by atoms with E-state index in [1.54, 1.807) is 23.2 Å². The molecule has 1 N–H and O–H groups in total. The van der Waals surface area contributed by atoms with E-state index in [0.29, 0.717) is 37.4 Å². The first kappa shape index (κ1) is 17.0. The van der Waals surface area contributed by atoms with Gasteiger partial charge in [-0.05, 0) is 37.1 Å². The summed E-state index contributed by atoms with van der Waals surface area (Å²) < 4.78 is 5.16. The first-order valence-corrected chi connectivity index (χ1v) is 8.33. The largest absolute Gasteiger partial charge is 0.480 e. The molecule has 0 unspecified atom stereocenters. The molecule has 25 heavy (non-hydrogen) atoms. The summed E-state index contributed by atoms with van der Waals surface area (Å²) in [6.07, 6.45) is 2.88. The maximum atomic E-state index is 12.7. The molecule has 0 saturated carbocycles. The van der Waals surface area contributed by atoms with Gasteiger partial charge in [0.05, 0.1) is 7.11 Å². The first-order valence-electron chi connectivity index (χ1n) is 8.33. The van der Waals surface area contributed by atoms with Crippen molar-refractivity contribution in [3.05, 3.63) is 54.2 Å². The van der Waals surface area contributed by atoms with Crippen molar-refractivity contribution in [3.63, 3.8) is 0 Å². The molecule has 3 rings (SSSR count). The number of pyridine rings is 1. The van der Waals surface area contributed by atoms with E-state index in [2.05, 4.69) is 10.3 Å². The highest BCUT2D eigenvalue weighted by Crippen LogP contribution is 2.23. The number of nitrogens with zero attached hydrogens (tertiary/aromatic N) is 2. The van der Waals surface area contributed by atoms with Gasteiger partial charge in [-0.25, -0.2) is 4.98 Å². The van der Waals surface area contributed by atoms with Gasteiger partial charge in [0.1, 0.15) is 5.56 Å². The van der Waals surface area contributed by atoms with Crippen molar-refractivity contribution < 1.29 is 14.3 Å². The number of hydrogen-bond acceptors (Lipinski definition) is 4. The molecule has 1 aliphatic rings. The van der Waals surface area contributed by atoms with Crippen molar-refractivity contribution in [1.29, 1.82) is 0 Å². The summed E-state index contributed by atoms with van der Waals surface area (Å²) in [4.78, 5) is 30.8. The van der Waals surface area contributed by atoms with Crippen LogP contribution >= 0.6 is 0 Å². The summed E-state index contributed by atoms with van der Waals surface area (Å²) in [6.45, 7) is 1.09. The Morgan fingerprint density at radius 3 is 2.52 bits per heavy atom. The number of carbonyl (C=O) groups is 2. The molecule has 1 aliphatic heterocycles. The van der Waals surface area contributed by atoms with Gasteiger partial charge in [0.25, 0.3) is 5.91 Å². The van der Waals surface area contributed by atoms with Crippen molar-refractivity contribution in [3.8, 4) is 5.88 Å². The predicted octanol–water partition coefficient (Wildman–Crippen LogP) is 2.58. The van der Waals surface area contributed by atoms with Crippen LogP contribution in [0, 0.1) is 5.92 Å². The van der Waals surface area contributed by atoms with Gasteiger partial charge in [0, 0.05) is 30.9 Å². The van der Waals surface area contributed by atoms with Gasteiger partial charge in [-0.2, -0.15) is 0 Å². The highest BCUT2D eigenvalue weighted by Gasteiger charge is 2.29. The number of carbonyl (C=O) groups excluding carboxylic acids is 2. The number of likely N-dealkylation sites (tertiary alicyclic amines) is 1. The molecule has 0 atom stereocenters. The second-order valence-electron chi connectivity index (χ2n) is 5.98. The summed E-state index contributed by atoms with van der Waals surface area (Å²) >= 11 is 0. The molecule has 2 aromatic rings. The third-order valence-electron chi connectivity index (χ3n) is 4.39. The van der Waals surface area contributed by atoms with Crippen molar-refractivity contribution in [1.82, 2.24) is 9.88 Å². The third kappa shape index (κ3) is 3.96. The maximum absolute atomic E-state index is 12.7. The Kier molecular flexibility index (Phi) is 5.28. The van der Waals surface area contributed by atoms with Crippen LogP contribution in [-0.2, 0) is 4.79 Å². The standard InChI is InChI=1S/C19H21N3O3/c1-25-18-16(8-5-11-20-18)19(24)22-12-9-14(10-13-22)17(23)21-15-6-3-2-4-7-15/h2-8,11,14H,9-10,12-13H2,1H3,(H,21,23). The Hall–Kier alpha value is -2.89. The van der Waals surface area contributed by atoms with Crippen LogP contribution < -0.4 is 10.1 Å². The molecule has 2 heterocycles. The van der Waals surface area contributed by atoms with Crippen molar-refractivity contribution in [2.45, 2.75) is 12.8 Å². The van der Waals surface area contributed by atoms with E-state index in [1.807, 2.05) is 30.3 Å². The number of rotatable bonds is 4. The van der Waals surface area contributed by atoms with E-state index in [0.717, 1.165) is 5.69 Å². The number of methoxy groups -OCH3 is 1. The van der Waals surface area contributed by atoms with E-state index >= 15 is 0 Å². The summed E-state index contributed by atoms with van der Waals surface area (Å²) in [6, 6.07) is 12.8. The lowest BCUT2D eigenvalue weighted by molar-refractivity contribution is -0.121. The Bertz CT molecular complexity index is 741. The van der Waals surface area contributed by atoms with Crippen molar-refractivity contribution in [2.24, 2.45) is 5.92 Å². The number of anilines is 1. The van der Waals surface area contributed by atoms with Crippen LogP contribution in [0.3, 0.4) is 0 Å². The zero-order valence-corrected chi connectivity index (χ0v) is 14.1. The van der Waals surface area contributed by atoms with Gasteiger partial charge >= 0.3 is 0 Å². The van der Waals surface area contributed by atoms with Gasteiger partial charge in [-0.1, -0.05) is 18.2 Å². The van der Waals surface area contributed by atoms with Crippen LogP contribution in [0.25, 0.3) is 0 Å². The topological polar surface area (TPSA) is 71.5 Å². The van der Waals surface area contributed by atoms with Gasteiger partial charge in [0.15, 0.2) is 0 Å². The van der Waals surface area contributed by atoms with Gasteiger partial charge < -0.3 is 15.0 Å². The predicted molar refractivity (Wildman–Crippen MR) is 94.5 cm³/mol. The number of nitrogens with one attached hydrogen (secondary N) is 1. The van der Waals surface area contributed by atoms with Crippen LogP contribution in [0.15, 0.2) is 48.7 Å². The summed E-state index contributed by atoms with van der Waals surface area (Å²) in [5.74, 6) is 0.153. The number of amides is 2. The average Bonchev–Trinajstić information content (AvgIpc) is 2.68. The molecular formula is C19H21N3O3. The first-order chi connectivity index (χ1) is 12.2. The number of aromatic nitrogens is 1. The minimum atomic E-state index is -0.105. The second kappa shape index (κ2) is 7.79. The molecule has 0 radical (unpaired) electrons. The lowest BCUT2D eigenvalue weighted by Gasteiger charge is -2.31. The number of benzene rings is 1. The third-order valence-corrected chi connectivity index (χ3v) is 4.39. The van der Waals surface area contributed by atoms with Crippen LogP contribution in [0.1, 0.15) is 23.2 Å². The Morgan fingerprint density at radius 2 is 1.84 bits per heavy atom. The Labute approximate surface area is 146 Å². The molecular weight excluding hydrogens is 318 g/mol. The fourth-order valence-corrected chi connectivity index (χ4v) is 3.00. The minimum absolute atomic E-state index is 0.0113. The molecule has 1 aromatic heterocycles.